The van der Waals surface area contributed by atoms with E-state index in [0.29, 0.717) is 12.2 Å². The predicted octanol–water partition coefficient (Wildman–Crippen LogP) is 12.3. The van der Waals surface area contributed by atoms with E-state index < -0.39 is 7.60 Å². The van der Waals surface area contributed by atoms with Crippen LogP contribution in [0.25, 0.3) is 0 Å². The third-order valence-corrected chi connectivity index (χ3v) is 11.0. The van der Waals surface area contributed by atoms with Gasteiger partial charge in [-0.15, -0.1) is 0 Å². The van der Waals surface area contributed by atoms with Gasteiger partial charge in [0.15, 0.2) is 0 Å². The van der Waals surface area contributed by atoms with Crippen LogP contribution < -0.4 is 0 Å². The molecule has 0 heterocycles. The maximum absolute atomic E-state index is 14.7. The summed E-state index contributed by atoms with van der Waals surface area (Å²) in [6.45, 7) is 13.0. The Balaban J connectivity index is 2.99. The van der Waals surface area contributed by atoms with Crippen molar-refractivity contribution in [1.82, 2.24) is 0 Å². The van der Waals surface area contributed by atoms with Crippen molar-refractivity contribution >= 4 is 7.60 Å². The number of rotatable bonds is 27. The first kappa shape index (κ1) is 38.2. The van der Waals surface area contributed by atoms with E-state index >= 15 is 0 Å². The Morgan fingerprint density at radius 2 is 1.15 bits per heavy atom. The lowest BCUT2D eigenvalue weighted by Crippen LogP contribution is -2.22. The Bertz CT molecular complexity index is 787. The van der Waals surface area contributed by atoms with Gasteiger partial charge in [-0.3, -0.25) is 4.57 Å². The molecule has 0 aromatic heterocycles. The standard InChI is InChI=1S/C36H67O4P/c1-7-11-14-17-18-19-22-26-34-29-33(27-28-36(34)37)30-35(23-10-4)41(38,39-31(5)24-20-15-12-8-2)40-32(6)25-21-16-13-9-3/h27-29,31-32,35,37H,7-26,30H2,1-6H3. The van der Waals surface area contributed by atoms with Crippen molar-refractivity contribution < 1.29 is 18.7 Å². The van der Waals surface area contributed by atoms with Crippen LogP contribution in [0, 0.1) is 0 Å². The van der Waals surface area contributed by atoms with E-state index in [0.717, 1.165) is 62.5 Å². The molecular formula is C36H67O4P. The van der Waals surface area contributed by atoms with Crippen molar-refractivity contribution in [3.8, 4) is 5.75 Å². The smallest absolute Gasteiger partial charge is 0.334 e. The van der Waals surface area contributed by atoms with Crippen LogP contribution >= 0.6 is 7.60 Å². The molecule has 41 heavy (non-hydrogen) atoms. The van der Waals surface area contributed by atoms with Gasteiger partial charge in [0.05, 0.1) is 17.9 Å². The van der Waals surface area contributed by atoms with Gasteiger partial charge >= 0.3 is 7.60 Å². The van der Waals surface area contributed by atoms with Crippen LogP contribution in [0.1, 0.15) is 175 Å². The molecule has 1 rings (SSSR count). The Morgan fingerprint density at radius 3 is 1.66 bits per heavy atom. The molecule has 4 nitrogen and oxygen atoms in total. The normalized spacial score (nSPS) is 15.5. The van der Waals surface area contributed by atoms with Crippen LogP contribution in [0.4, 0.5) is 0 Å². The summed E-state index contributed by atoms with van der Waals surface area (Å²) in [5, 5.41) is 10.6. The van der Waals surface area contributed by atoms with Crippen LogP contribution in [-0.2, 0) is 26.5 Å². The fourth-order valence-electron chi connectivity index (χ4n) is 5.74. The Labute approximate surface area is 255 Å². The monoisotopic (exact) mass is 594 g/mol. The summed E-state index contributed by atoms with van der Waals surface area (Å²) in [6.07, 6.45) is 23.2. The van der Waals surface area contributed by atoms with Gasteiger partial charge in [0.1, 0.15) is 5.75 Å². The molecule has 1 N–H and O–H groups in total. The minimum atomic E-state index is -3.36. The van der Waals surface area contributed by atoms with Gasteiger partial charge in [0.25, 0.3) is 0 Å². The topological polar surface area (TPSA) is 55.8 Å². The fourth-order valence-corrected chi connectivity index (χ4v) is 8.35. The number of phenols is 1. The summed E-state index contributed by atoms with van der Waals surface area (Å²) in [7, 11) is -3.36. The number of benzene rings is 1. The lowest BCUT2D eigenvalue weighted by atomic mass is 9.99. The molecule has 0 saturated carbocycles. The highest BCUT2D eigenvalue weighted by molar-refractivity contribution is 7.54. The van der Waals surface area contributed by atoms with Crippen molar-refractivity contribution in [3.63, 3.8) is 0 Å². The summed E-state index contributed by atoms with van der Waals surface area (Å²) in [5.74, 6) is 0.379. The van der Waals surface area contributed by atoms with Crippen LogP contribution in [0.5, 0.6) is 5.75 Å². The lowest BCUT2D eigenvalue weighted by Gasteiger charge is -2.32. The molecule has 1 aromatic rings. The zero-order chi connectivity index (χ0) is 30.3. The first-order valence-corrected chi connectivity index (χ1v) is 19.2. The molecule has 0 saturated heterocycles. The van der Waals surface area contributed by atoms with E-state index in [1.807, 2.05) is 12.1 Å². The van der Waals surface area contributed by atoms with E-state index in [2.05, 4.69) is 47.6 Å². The molecular weight excluding hydrogens is 527 g/mol. The molecule has 3 unspecified atom stereocenters. The third-order valence-electron chi connectivity index (χ3n) is 8.32. The van der Waals surface area contributed by atoms with Crippen molar-refractivity contribution in [2.75, 3.05) is 0 Å². The van der Waals surface area contributed by atoms with E-state index in [-0.39, 0.29) is 17.9 Å². The molecule has 0 aliphatic rings. The van der Waals surface area contributed by atoms with Crippen LogP contribution in [0.2, 0.25) is 0 Å². The van der Waals surface area contributed by atoms with Gasteiger partial charge in [-0.1, -0.05) is 136 Å². The number of phenolic OH excluding ortho intramolecular Hbond substituents is 1. The molecule has 240 valence electrons. The lowest BCUT2D eigenvalue weighted by molar-refractivity contribution is 0.111. The summed E-state index contributed by atoms with van der Waals surface area (Å²) >= 11 is 0. The number of aromatic hydroxyl groups is 1. The number of aryl methyl sites for hydroxylation is 1. The van der Waals surface area contributed by atoms with Crippen molar-refractivity contribution in [3.05, 3.63) is 29.3 Å². The second kappa shape index (κ2) is 23.6. The highest BCUT2D eigenvalue weighted by Crippen LogP contribution is 2.58. The van der Waals surface area contributed by atoms with Crippen molar-refractivity contribution in [2.45, 2.75) is 194 Å². The van der Waals surface area contributed by atoms with Crippen molar-refractivity contribution in [1.29, 1.82) is 0 Å². The summed E-state index contributed by atoms with van der Waals surface area (Å²) in [5.41, 5.74) is 1.95. The number of hydrogen-bond acceptors (Lipinski definition) is 4. The van der Waals surface area contributed by atoms with Gasteiger partial charge in [0.2, 0.25) is 0 Å². The molecule has 0 aliphatic heterocycles. The molecule has 0 radical (unpaired) electrons. The first-order valence-electron chi connectivity index (χ1n) is 17.6. The minimum Gasteiger partial charge on any atom is -0.508 e. The summed E-state index contributed by atoms with van der Waals surface area (Å²) < 4.78 is 27.6. The number of hydrogen-bond donors (Lipinski definition) is 1. The van der Waals surface area contributed by atoms with E-state index in [9.17, 15) is 9.67 Å². The fraction of sp³-hybridized carbons (Fsp3) is 0.833. The zero-order valence-electron chi connectivity index (χ0n) is 27.9. The van der Waals surface area contributed by atoms with Crippen LogP contribution in [0.15, 0.2) is 18.2 Å². The Morgan fingerprint density at radius 1 is 0.659 bits per heavy atom. The minimum absolute atomic E-state index is 0.0861. The van der Waals surface area contributed by atoms with Gasteiger partial charge in [-0.25, -0.2) is 0 Å². The maximum atomic E-state index is 14.7. The van der Waals surface area contributed by atoms with Gasteiger partial charge < -0.3 is 14.2 Å². The molecule has 1 aromatic carbocycles. The van der Waals surface area contributed by atoms with Gasteiger partial charge in [-0.05, 0) is 69.6 Å². The summed E-state index contributed by atoms with van der Waals surface area (Å²) in [4.78, 5) is 0. The van der Waals surface area contributed by atoms with E-state index in [4.69, 9.17) is 9.05 Å². The average Bonchev–Trinajstić information content (AvgIpc) is 2.94. The molecule has 0 amide bonds. The third kappa shape index (κ3) is 17.2. The Kier molecular flexibility index (Phi) is 22.0. The first-order chi connectivity index (χ1) is 19.8. The van der Waals surface area contributed by atoms with Gasteiger partial charge in [0, 0.05) is 0 Å². The SMILES string of the molecule is CCCCCCCCCc1cc(CC(CCC)P(=O)(OC(C)CCCCCC)OC(C)CCCCCC)ccc1O. The van der Waals surface area contributed by atoms with Gasteiger partial charge in [-0.2, -0.15) is 0 Å². The molecule has 5 heteroatoms. The van der Waals surface area contributed by atoms with Crippen LogP contribution in [-0.4, -0.2) is 23.0 Å². The van der Waals surface area contributed by atoms with E-state index in [1.165, 1.54) is 77.0 Å². The molecule has 0 bridgehead atoms. The van der Waals surface area contributed by atoms with Crippen LogP contribution in [0.3, 0.4) is 0 Å². The second-order valence-corrected chi connectivity index (χ2v) is 14.8. The quantitative estimate of drug-likeness (QED) is 0.0813. The highest BCUT2D eigenvalue weighted by atomic mass is 31.2. The molecule has 0 fully saturated rings. The number of unbranched alkanes of at least 4 members (excludes halogenated alkanes) is 12. The Hall–Kier alpha value is -0.830. The highest BCUT2D eigenvalue weighted by Gasteiger charge is 2.38. The molecule has 0 aliphatic carbocycles. The predicted molar refractivity (Wildman–Crippen MR) is 178 cm³/mol. The largest absolute Gasteiger partial charge is 0.508 e. The molecule has 3 atom stereocenters. The zero-order valence-corrected chi connectivity index (χ0v) is 28.8. The second-order valence-electron chi connectivity index (χ2n) is 12.6. The summed E-state index contributed by atoms with van der Waals surface area (Å²) in [6, 6.07) is 5.97. The van der Waals surface area contributed by atoms with E-state index in [1.54, 1.807) is 0 Å². The van der Waals surface area contributed by atoms with Crippen molar-refractivity contribution in [2.24, 2.45) is 0 Å². The maximum Gasteiger partial charge on any atom is 0.334 e. The average molecular weight is 595 g/mol. The molecule has 0 spiro atoms.